The number of benzene rings is 1. The predicted octanol–water partition coefficient (Wildman–Crippen LogP) is 3.66. The molecule has 1 fully saturated rings. The van der Waals surface area contributed by atoms with Crippen LogP contribution in [0.25, 0.3) is 11.0 Å². The van der Waals surface area contributed by atoms with Crippen LogP contribution in [0.5, 0.6) is 0 Å². The van der Waals surface area contributed by atoms with Crippen molar-refractivity contribution in [3.63, 3.8) is 0 Å². The third kappa shape index (κ3) is 1.53. The van der Waals surface area contributed by atoms with Gasteiger partial charge < -0.3 is 4.98 Å². The van der Waals surface area contributed by atoms with E-state index in [4.69, 9.17) is 10.2 Å². The molecule has 1 N–H and O–H groups in total. The molecule has 3 nitrogen and oxygen atoms in total. The van der Waals surface area contributed by atoms with Crippen LogP contribution in [0.3, 0.4) is 0 Å². The van der Waals surface area contributed by atoms with Gasteiger partial charge in [0.05, 0.1) is 11.1 Å². The van der Waals surface area contributed by atoms with Crippen molar-refractivity contribution in [2.75, 3.05) is 0 Å². The number of aromatic nitrogens is 2. The Morgan fingerprint density at radius 1 is 1.39 bits per heavy atom. The number of nitrogens with one attached hydrogen (secondary N) is 1. The molecule has 2 aromatic rings. The van der Waals surface area contributed by atoms with E-state index in [0.29, 0.717) is 5.56 Å². The van der Waals surface area contributed by atoms with E-state index in [9.17, 15) is 0 Å². The first-order valence-electron chi connectivity index (χ1n) is 6.68. The molecule has 0 amide bonds. The minimum atomic E-state index is 0.214. The van der Waals surface area contributed by atoms with E-state index in [0.717, 1.165) is 23.3 Å². The van der Waals surface area contributed by atoms with E-state index in [1.54, 1.807) is 0 Å². The SMILES string of the molecule is CCC1(c2nc3c(C#N)cccc3[nH]2)CCCC1. The molecule has 0 radical (unpaired) electrons. The molecule has 0 bridgehead atoms. The van der Waals surface area contributed by atoms with Gasteiger partial charge in [0.1, 0.15) is 17.4 Å². The number of hydrogen-bond acceptors (Lipinski definition) is 2. The number of nitriles is 1. The number of nitrogens with zero attached hydrogens (tertiary/aromatic N) is 2. The van der Waals surface area contributed by atoms with E-state index in [1.807, 2.05) is 18.2 Å². The number of para-hydroxylation sites is 1. The van der Waals surface area contributed by atoms with Crippen LogP contribution >= 0.6 is 0 Å². The number of fused-ring (bicyclic) bond motifs is 1. The molecule has 1 heterocycles. The van der Waals surface area contributed by atoms with Gasteiger partial charge in [0, 0.05) is 5.41 Å². The molecule has 1 saturated carbocycles. The van der Waals surface area contributed by atoms with Gasteiger partial charge in [-0.15, -0.1) is 0 Å². The first-order chi connectivity index (χ1) is 8.79. The summed E-state index contributed by atoms with van der Waals surface area (Å²) in [5.41, 5.74) is 2.70. The van der Waals surface area contributed by atoms with Crippen LogP contribution in [0.2, 0.25) is 0 Å². The van der Waals surface area contributed by atoms with Crippen molar-refractivity contribution < 1.29 is 0 Å². The largest absolute Gasteiger partial charge is 0.341 e. The zero-order valence-electron chi connectivity index (χ0n) is 10.7. The van der Waals surface area contributed by atoms with Crippen LogP contribution < -0.4 is 0 Å². The maximum atomic E-state index is 9.13. The molecule has 1 aliphatic carbocycles. The van der Waals surface area contributed by atoms with Gasteiger partial charge in [-0.05, 0) is 31.4 Å². The Bertz CT molecular complexity index is 612. The van der Waals surface area contributed by atoms with Gasteiger partial charge in [0.15, 0.2) is 0 Å². The second kappa shape index (κ2) is 4.13. The number of hydrogen-bond donors (Lipinski definition) is 1. The second-order valence-corrected chi connectivity index (χ2v) is 5.24. The number of rotatable bonds is 2. The smallest absolute Gasteiger partial charge is 0.113 e. The van der Waals surface area contributed by atoms with Crippen molar-refractivity contribution in [1.82, 2.24) is 9.97 Å². The topological polar surface area (TPSA) is 52.5 Å². The summed E-state index contributed by atoms with van der Waals surface area (Å²) >= 11 is 0. The fourth-order valence-electron chi connectivity index (χ4n) is 3.18. The van der Waals surface area contributed by atoms with Crippen LogP contribution in [0.1, 0.15) is 50.4 Å². The average molecular weight is 239 g/mol. The molecule has 0 aliphatic heterocycles. The van der Waals surface area contributed by atoms with Crippen molar-refractivity contribution in [1.29, 1.82) is 5.26 Å². The van der Waals surface area contributed by atoms with Crippen LogP contribution in [0, 0.1) is 11.3 Å². The Kier molecular flexibility index (Phi) is 2.59. The number of H-pyrrole nitrogens is 1. The van der Waals surface area contributed by atoms with Crippen LogP contribution in [0.4, 0.5) is 0 Å². The highest BCUT2D eigenvalue weighted by atomic mass is 14.9. The fourth-order valence-corrected chi connectivity index (χ4v) is 3.18. The summed E-state index contributed by atoms with van der Waals surface area (Å²) in [5, 5.41) is 9.13. The normalized spacial score (nSPS) is 18.0. The van der Waals surface area contributed by atoms with Gasteiger partial charge in [-0.25, -0.2) is 4.98 Å². The van der Waals surface area contributed by atoms with Crippen molar-refractivity contribution in [2.45, 2.75) is 44.4 Å². The van der Waals surface area contributed by atoms with Gasteiger partial charge >= 0.3 is 0 Å². The lowest BCUT2D eigenvalue weighted by Crippen LogP contribution is -2.22. The molecule has 3 rings (SSSR count). The Morgan fingerprint density at radius 3 is 2.83 bits per heavy atom. The van der Waals surface area contributed by atoms with Gasteiger partial charge in [-0.3, -0.25) is 0 Å². The van der Waals surface area contributed by atoms with E-state index in [-0.39, 0.29) is 5.41 Å². The molecule has 0 unspecified atom stereocenters. The molecular weight excluding hydrogens is 222 g/mol. The third-order valence-electron chi connectivity index (χ3n) is 4.37. The van der Waals surface area contributed by atoms with Crippen LogP contribution in [-0.4, -0.2) is 9.97 Å². The number of aromatic amines is 1. The quantitative estimate of drug-likeness (QED) is 0.869. The van der Waals surface area contributed by atoms with E-state index in [1.165, 1.54) is 25.7 Å². The molecule has 0 saturated heterocycles. The van der Waals surface area contributed by atoms with Gasteiger partial charge in [-0.1, -0.05) is 25.8 Å². The monoisotopic (exact) mass is 239 g/mol. The minimum absolute atomic E-state index is 0.214. The van der Waals surface area contributed by atoms with Gasteiger partial charge in [0.2, 0.25) is 0 Å². The lowest BCUT2D eigenvalue weighted by atomic mass is 9.83. The van der Waals surface area contributed by atoms with Crippen molar-refractivity contribution >= 4 is 11.0 Å². The molecule has 1 aromatic carbocycles. The standard InChI is InChI=1S/C15H17N3/c1-2-15(8-3-4-9-15)14-17-12-7-5-6-11(10-16)13(12)18-14/h5-7H,2-4,8-9H2,1H3,(H,17,18). The zero-order chi connectivity index (χ0) is 12.6. The van der Waals surface area contributed by atoms with Crippen molar-refractivity contribution in [2.24, 2.45) is 0 Å². The average Bonchev–Trinajstić information content (AvgIpc) is 3.04. The molecule has 1 aromatic heterocycles. The summed E-state index contributed by atoms with van der Waals surface area (Å²) in [4.78, 5) is 8.17. The molecule has 0 spiro atoms. The van der Waals surface area contributed by atoms with E-state index < -0.39 is 0 Å². The van der Waals surface area contributed by atoms with E-state index in [2.05, 4.69) is 18.0 Å². The Morgan fingerprint density at radius 2 is 2.17 bits per heavy atom. The summed E-state index contributed by atoms with van der Waals surface area (Å²) in [5.74, 6) is 1.08. The minimum Gasteiger partial charge on any atom is -0.341 e. The summed E-state index contributed by atoms with van der Waals surface area (Å²) < 4.78 is 0. The third-order valence-corrected chi connectivity index (χ3v) is 4.37. The van der Waals surface area contributed by atoms with Crippen LogP contribution in [0.15, 0.2) is 18.2 Å². The maximum absolute atomic E-state index is 9.13. The first-order valence-corrected chi connectivity index (χ1v) is 6.68. The zero-order valence-corrected chi connectivity index (χ0v) is 10.7. The molecule has 18 heavy (non-hydrogen) atoms. The second-order valence-electron chi connectivity index (χ2n) is 5.24. The first kappa shape index (κ1) is 11.3. The molecule has 3 heteroatoms. The van der Waals surface area contributed by atoms with Crippen LogP contribution in [-0.2, 0) is 5.41 Å². The summed E-state index contributed by atoms with van der Waals surface area (Å²) in [6.45, 7) is 2.24. The highest BCUT2D eigenvalue weighted by molar-refractivity contribution is 5.81. The summed E-state index contributed by atoms with van der Waals surface area (Å²) in [7, 11) is 0. The highest BCUT2D eigenvalue weighted by Gasteiger charge is 2.36. The molecule has 0 atom stereocenters. The Hall–Kier alpha value is -1.82. The Balaban J connectivity index is 2.17. The molecule has 1 aliphatic rings. The lowest BCUT2D eigenvalue weighted by Gasteiger charge is -2.24. The van der Waals surface area contributed by atoms with Crippen molar-refractivity contribution in [3.05, 3.63) is 29.6 Å². The lowest BCUT2D eigenvalue weighted by molar-refractivity contribution is 0.403. The van der Waals surface area contributed by atoms with E-state index >= 15 is 0 Å². The fraction of sp³-hybridized carbons (Fsp3) is 0.467. The van der Waals surface area contributed by atoms with Gasteiger partial charge in [0.25, 0.3) is 0 Å². The maximum Gasteiger partial charge on any atom is 0.113 e. The molecular formula is C15H17N3. The predicted molar refractivity (Wildman–Crippen MR) is 71.2 cm³/mol. The summed E-state index contributed by atoms with van der Waals surface area (Å²) in [6, 6.07) is 7.97. The van der Waals surface area contributed by atoms with Gasteiger partial charge in [-0.2, -0.15) is 5.26 Å². The molecule has 92 valence electrons. The van der Waals surface area contributed by atoms with Crippen molar-refractivity contribution in [3.8, 4) is 6.07 Å². The highest BCUT2D eigenvalue weighted by Crippen LogP contribution is 2.42. The Labute approximate surface area is 107 Å². The number of imidazole rings is 1. The summed E-state index contributed by atoms with van der Waals surface area (Å²) in [6.07, 6.45) is 6.12.